The van der Waals surface area contributed by atoms with E-state index in [1.165, 1.54) is 0 Å². The van der Waals surface area contributed by atoms with Gasteiger partial charge in [-0.15, -0.1) is 0 Å². The first kappa shape index (κ1) is 11.1. The second-order valence-electron chi connectivity index (χ2n) is 2.69. The summed E-state index contributed by atoms with van der Waals surface area (Å²) in [6.07, 6.45) is 0.891. The first-order chi connectivity index (χ1) is 5.92. The molecule has 0 fully saturated rings. The van der Waals surface area contributed by atoms with Gasteiger partial charge >= 0.3 is 51.4 Å². The quantitative estimate of drug-likeness (QED) is 0.503. The molecule has 2 aromatic rings. The Bertz CT molecular complexity index is 418. The van der Waals surface area contributed by atoms with E-state index in [-0.39, 0.29) is 51.4 Å². The van der Waals surface area contributed by atoms with E-state index in [2.05, 4.69) is 0 Å². The number of fused-ring (bicyclic) bond motifs is 1. The predicted molar refractivity (Wildman–Crippen MR) is 56.5 cm³/mol. The summed E-state index contributed by atoms with van der Waals surface area (Å²) in [5.41, 5.74) is 0.758. The molecule has 0 aliphatic heterocycles. The van der Waals surface area contributed by atoms with E-state index in [4.69, 9.17) is 0 Å². The number of rotatable bonds is 1. The second kappa shape index (κ2) is 5.03. The summed E-state index contributed by atoms with van der Waals surface area (Å²) in [5, 5.41) is 2.14. The van der Waals surface area contributed by atoms with Crippen molar-refractivity contribution in [1.29, 1.82) is 0 Å². The van der Waals surface area contributed by atoms with Gasteiger partial charge in [-0.2, -0.15) is 0 Å². The van der Waals surface area contributed by atoms with Crippen LogP contribution in [0, 0.1) is 0 Å². The molecule has 0 bridgehead atoms. The summed E-state index contributed by atoms with van der Waals surface area (Å²) >= 11 is 0. The maximum atomic E-state index is 10.6. The molecule has 1 nitrogen and oxygen atoms in total. The van der Waals surface area contributed by atoms with Crippen molar-refractivity contribution in [3.05, 3.63) is 48.0 Å². The van der Waals surface area contributed by atoms with Crippen LogP contribution in [-0.2, 0) is 0 Å². The van der Waals surface area contributed by atoms with Crippen molar-refractivity contribution >= 4 is 68.4 Å². The summed E-state index contributed by atoms with van der Waals surface area (Å²) in [6.45, 7) is 0. The molecule has 0 N–H and O–H groups in total. The van der Waals surface area contributed by atoms with E-state index in [1.807, 2.05) is 42.5 Å². The Labute approximate surface area is 120 Å². The van der Waals surface area contributed by atoms with Crippen LogP contribution in [0.1, 0.15) is 10.4 Å². The molecule has 2 heteroatoms. The van der Waals surface area contributed by atoms with Crippen molar-refractivity contribution in [2.45, 2.75) is 0 Å². The summed E-state index contributed by atoms with van der Waals surface area (Å²) in [5.74, 6) is 0. The molecular formula is C11H9KO. The van der Waals surface area contributed by atoms with E-state index >= 15 is 0 Å². The van der Waals surface area contributed by atoms with Crippen LogP contribution in [0.2, 0.25) is 0 Å². The van der Waals surface area contributed by atoms with Gasteiger partial charge in [-0.1, -0.05) is 42.5 Å². The summed E-state index contributed by atoms with van der Waals surface area (Å²) in [6, 6.07) is 13.6. The van der Waals surface area contributed by atoms with Crippen molar-refractivity contribution in [1.82, 2.24) is 0 Å². The van der Waals surface area contributed by atoms with Gasteiger partial charge in [0.25, 0.3) is 0 Å². The summed E-state index contributed by atoms with van der Waals surface area (Å²) < 4.78 is 0. The topological polar surface area (TPSA) is 17.1 Å². The molecule has 0 atom stereocenters. The molecule has 60 valence electrons. The van der Waals surface area contributed by atoms with Crippen LogP contribution in [0.5, 0.6) is 0 Å². The van der Waals surface area contributed by atoms with E-state index in [0.717, 1.165) is 22.6 Å². The van der Waals surface area contributed by atoms with Crippen molar-refractivity contribution in [2.75, 3.05) is 0 Å². The summed E-state index contributed by atoms with van der Waals surface area (Å²) in [4.78, 5) is 10.6. The third-order valence-electron chi connectivity index (χ3n) is 1.95. The van der Waals surface area contributed by atoms with Crippen LogP contribution in [0.25, 0.3) is 10.8 Å². The van der Waals surface area contributed by atoms with Crippen LogP contribution in [0.4, 0.5) is 0 Å². The number of benzene rings is 2. The Morgan fingerprint density at radius 1 is 0.923 bits per heavy atom. The standard InChI is InChI=1S/C11H8O.K.H/c12-8-10-6-3-5-9-4-1-2-7-11(9)10;;/h1-8H;;. The Hall–Kier alpha value is 0.00636. The average Bonchev–Trinajstić information content (AvgIpc) is 2.17. The number of aldehydes is 1. The number of carbonyl (C=O) groups excluding carboxylic acids is 1. The number of carbonyl (C=O) groups is 1. The minimum atomic E-state index is 0. The molecule has 0 heterocycles. The second-order valence-corrected chi connectivity index (χ2v) is 2.69. The molecule has 0 aliphatic carbocycles. The predicted octanol–water partition coefficient (Wildman–Crippen LogP) is 2.00. The Kier molecular flexibility index (Phi) is 4.29. The number of hydrogen-bond acceptors (Lipinski definition) is 1. The normalized spacial score (nSPS) is 9.23. The van der Waals surface area contributed by atoms with Crippen LogP contribution in [-0.4, -0.2) is 57.7 Å². The van der Waals surface area contributed by atoms with Crippen molar-refractivity contribution in [3.8, 4) is 0 Å². The van der Waals surface area contributed by atoms with E-state index in [9.17, 15) is 4.79 Å². The Balaban J connectivity index is 0.000000845. The minimum absolute atomic E-state index is 0. The van der Waals surface area contributed by atoms with Gasteiger partial charge in [-0.05, 0) is 10.8 Å². The van der Waals surface area contributed by atoms with Gasteiger partial charge in [0, 0.05) is 5.56 Å². The maximum absolute atomic E-state index is 10.6. The fourth-order valence-corrected chi connectivity index (χ4v) is 1.35. The van der Waals surface area contributed by atoms with E-state index in [1.54, 1.807) is 0 Å². The first-order valence-electron chi connectivity index (χ1n) is 3.85. The van der Waals surface area contributed by atoms with Crippen LogP contribution in [0.15, 0.2) is 42.5 Å². The van der Waals surface area contributed by atoms with E-state index < -0.39 is 0 Å². The molecular weight excluding hydrogens is 187 g/mol. The van der Waals surface area contributed by atoms with Gasteiger partial charge in [0.2, 0.25) is 0 Å². The van der Waals surface area contributed by atoms with Crippen LogP contribution in [0.3, 0.4) is 0 Å². The average molecular weight is 196 g/mol. The third kappa shape index (κ3) is 2.27. The molecule has 0 spiro atoms. The zero-order chi connectivity index (χ0) is 8.39. The van der Waals surface area contributed by atoms with Gasteiger partial charge in [0.05, 0.1) is 0 Å². The summed E-state index contributed by atoms with van der Waals surface area (Å²) in [7, 11) is 0. The zero-order valence-corrected chi connectivity index (χ0v) is 6.53. The molecule has 2 rings (SSSR count). The third-order valence-corrected chi connectivity index (χ3v) is 1.95. The zero-order valence-electron chi connectivity index (χ0n) is 6.53. The van der Waals surface area contributed by atoms with Gasteiger partial charge < -0.3 is 0 Å². The fourth-order valence-electron chi connectivity index (χ4n) is 1.35. The molecule has 0 radical (unpaired) electrons. The Morgan fingerprint density at radius 2 is 1.62 bits per heavy atom. The van der Waals surface area contributed by atoms with Crippen LogP contribution >= 0.6 is 0 Å². The molecule has 0 aromatic heterocycles. The van der Waals surface area contributed by atoms with Crippen molar-refractivity contribution in [3.63, 3.8) is 0 Å². The Morgan fingerprint density at radius 3 is 2.38 bits per heavy atom. The molecule has 0 saturated heterocycles. The van der Waals surface area contributed by atoms with Gasteiger partial charge in [-0.3, -0.25) is 4.79 Å². The SMILES string of the molecule is O=Cc1cccc2ccccc12.[KH]. The van der Waals surface area contributed by atoms with Gasteiger partial charge in [0.15, 0.2) is 6.29 Å². The molecule has 0 saturated carbocycles. The van der Waals surface area contributed by atoms with Gasteiger partial charge in [0.1, 0.15) is 0 Å². The monoisotopic (exact) mass is 196 g/mol. The molecule has 0 aliphatic rings. The van der Waals surface area contributed by atoms with Gasteiger partial charge in [-0.25, -0.2) is 0 Å². The fraction of sp³-hybridized carbons (Fsp3) is 0. The molecule has 13 heavy (non-hydrogen) atoms. The molecule has 0 unspecified atom stereocenters. The van der Waals surface area contributed by atoms with Crippen molar-refractivity contribution in [2.24, 2.45) is 0 Å². The molecule has 2 aromatic carbocycles. The molecule has 0 amide bonds. The van der Waals surface area contributed by atoms with Crippen molar-refractivity contribution < 1.29 is 4.79 Å². The first-order valence-corrected chi connectivity index (χ1v) is 3.85. The van der Waals surface area contributed by atoms with Crippen LogP contribution < -0.4 is 0 Å². The number of hydrogen-bond donors (Lipinski definition) is 0. The van der Waals surface area contributed by atoms with E-state index in [0.29, 0.717) is 0 Å².